The summed E-state index contributed by atoms with van der Waals surface area (Å²) < 4.78 is 2.19. The Labute approximate surface area is 302 Å². The van der Waals surface area contributed by atoms with Gasteiger partial charge in [-0.05, 0) is 10.8 Å². The first-order valence-electron chi connectivity index (χ1n) is 16.0. The van der Waals surface area contributed by atoms with E-state index in [0.717, 1.165) is 6.42 Å². The number of allylic oxidation sites excluding steroid dienone is 4. The summed E-state index contributed by atoms with van der Waals surface area (Å²) in [6.07, 6.45) is 8.28. The maximum Gasteiger partial charge on any atom is -1.00 e. The number of aryl methyl sites for hydroxylation is 1. The molecular formula is C42H54Cl2Zr-2. The molecule has 4 aromatic rings. The van der Waals surface area contributed by atoms with Crippen LogP contribution in [0.15, 0.2) is 84.0 Å². The summed E-state index contributed by atoms with van der Waals surface area (Å²) in [6, 6.07) is 24.7. The number of hydrogen-bond acceptors (Lipinski definition) is 0. The fourth-order valence-electron chi connectivity index (χ4n) is 5.45. The van der Waals surface area contributed by atoms with Crippen molar-refractivity contribution in [2.75, 3.05) is 0 Å². The van der Waals surface area contributed by atoms with Crippen LogP contribution < -0.4 is 24.8 Å². The molecule has 0 fully saturated rings. The van der Waals surface area contributed by atoms with Crippen molar-refractivity contribution < 1.29 is 49.0 Å². The van der Waals surface area contributed by atoms with Crippen LogP contribution in [0.1, 0.15) is 111 Å². The van der Waals surface area contributed by atoms with Gasteiger partial charge in [0, 0.05) is 0 Å². The van der Waals surface area contributed by atoms with Crippen molar-refractivity contribution in [2.45, 2.75) is 107 Å². The van der Waals surface area contributed by atoms with Crippen LogP contribution in [-0.4, -0.2) is 3.71 Å². The van der Waals surface area contributed by atoms with Gasteiger partial charge in [-0.1, -0.05) is 136 Å². The van der Waals surface area contributed by atoms with E-state index in [1.165, 1.54) is 85.6 Å². The molecule has 3 heteroatoms. The maximum atomic E-state index is 3.57. The van der Waals surface area contributed by atoms with Crippen LogP contribution in [-0.2, 0) is 35.1 Å². The first-order chi connectivity index (χ1) is 20.0. The fraction of sp³-hybridized carbons (Fsp3) is 0.429. The van der Waals surface area contributed by atoms with Gasteiger partial charge >= 0.3 is 70.3 Å². The van der Waals surface area contributed by atoms with Gasteiger partial charge in [0.05, 0.1) is 0 Å². The molecule has 0 heterocycles. The van der Waals surface area contributed by atoms with Gasteiger partial charge in [0.15, 0.2) is 0 Å². The number of rotatable bonds is 3. The van der Waals surface area contributed by atoms with E-state index in [1.807, 2.05) is 0 Å². The van der Waals surface area contributed by atoms with Gasteiger partial charge in [-0.15, -0.1) is 39.7 Å². The Morgan fingerprint density at radius 2 is 1.18 bits per heavy atom. The van der Waals surface area contributed by atoms with E-state index in [2.05, 4.69) is 166 Å². The zero-order chi connectivity index (χ0) is 32.2. The summed E-state index contributed by atoms with van der Waals surface area (Å²) >= 11 is 1.47. The van der Waals surface area contributed by atoms with Gasteiger partial charge < -0.3 is 24.8 Å². The van der Waals surface area contributed by atoms with Crippen LogP contribution in [0.2, 0.25) is 0 Å². The van der Waals surface area contributed by atoms with Gasteiger partial charge in [-0.3, -0.25) is 6.08 Å². The summed E-state index contributed by atoms with van der Waals surface area (Å²) in [4.78, 5) is 0. The van der Waals surface area contributed by atoms with Crippen molar-refractivity contribution in [1.82, 2.24) is 0 Å². The Kier molecular flexibility index (Phi) is 15.6. The van der Waals surface area contributed by atoms with Crippen molar-refractivity contribution in [1.29, 1.82) is 0 Å². The van der Waals surface area contributed by atoms with Gasteiger partial charge in [-0.25, -0.2) is 5.57 Å². The van der Waals surface area contributed by atoms with Crippen LogP contribution in [0.5, 0.6) is 0 Å². The molecule has 4 aromatic carbocycles. The SMILES string of the molecule is CC(C)(C)c1ccc2[cH-]c3ccc(C(C)(C)C)cc3c2c1.CCC1=[C-]C(CC)C=C1C(C)(C)C.Cc1ccc([CH]=[Zr+2])cc1.[Cl-].[Cl-]. The van der Waals surface area contributed by atoms with Gasteiger partial charge in [0.2, 0.25) is 0 Å². The molecule has 1 aliphatic carbocycles. The summed E-state index contributed by atoms with van der Waals surface area (Å²) in [7, 11) is 0. The molecule has 0 nitrogen and oxygen atoms in total. The molecule has 45 heavy (non-hydrogen) atoms. The smallest absolute Gasteiger partial charge is 1.00 e. The van der Waals surface area contributed by atoms with Crippen LogP contribution in [0.4, 0.5) is 0 Å². The molecule has 0 bridgehead atoms. The van der Waals surface area contributed by atoms with E-state index >= 15 is 0 Å². The van der Waals surface area contributed by atoms with Crippen LogP contribution in [0.25, 0.3) is 21.5 Å². The molecule has 0 radical (unpaired) electrons. The van der Waals surface area contributed by atoms with E-state index in [-0.39, 0.29) is 35.6 Å². The number of hydrogen-bond donors (Lipinski definition) is 0. The van der Waals surface area contributed by atoms with Crippen molar-refractivity contribution in [2.24, 2.45) is 11.3 Å². The Balaban J connectivity index is 0.000000363. The van der Waals surface area contributed by atoms with E-state index in [1.54, 1.807) is 0 Å². The molecule has 0 aromatic heterocycles. The van der Waals surface area contributed by atoms with Crippen molar-refractivity contribution >= 4 is 25.3 Å². The average molecular weight is 721 g/mol. The molecular weight excluding hydrogens is 667 g/mol. The van der Waals surface area contributed by atoms with Gasteiger partial charge in [0.1, 0.15) is 0 Å². The summed E-state index contributed by atoms with van der Waals surface area (Å²) in [5.74, 6) is 0.573. The molecule has 242 valence electrons. The number of halogens is 2. The van der Waals surface area contributed by atoms with E-state index < -0.39 is 0 Å². The van der Waals surface area contributed by atoms with Crippen LogP contribution >= 0.6 is 0 Å². The second-order valence-corrected chi connectivity index (χ2v) is 15.8. The Morgan fingerprint density at radius 1 is 0.711 bits per heavy atom. The minimum Gasteiger partial charge on any atom is -1.00 e. The molecule has 0 saturated heterocycles. The third-order valence-electron chi connectivity index (χ3n) is 8.34. The zero-order valence-electron chi connectivity index (χ0n) is 29.8. The molecule has 1 unspecified atom stereocenters. The first-order valence-corrected chi connectivity index (χ1v) is 17.5. The van der Waals surface area contributed by atoms with E-state index in [9.17, 15) is 0 Å². The topological polar surface area (TPSA) is 0 Å². The molecule has 0 spiro atoms. The fourth-order valence-corrected chi connectivity index (χ4v) is 5.93. The van der Waals surface area contributed by atoms with Crippen LogP contribution in [0.3, 0.4) is 0 Å². The Morgan fingerprint density at radius 3 is 1.51 bits per heavy atom. The third-order valence-corrected chi connectivity index (χ3v) is 9.16. The molecule has 0 N–H and O–H groups in total. The second-order valence-electron chi connectivity index (χ2n) is 15.1. The minimum atomic E-state index is 0. The number of benzene rings is 3. The maximum absolute atomic E-state index is 3.57. The number of fused-ring (bicyclic) bond motifs is 3. The van der Waals surface area contributed by atoms with Crippen molar-refractivity contribution in [3.05, 3.63) is 112 Å². The molecule has 1 aliphatic rings. The predicted octanol–water partition coefficient (Wildman–Crippen LogP) is 6.15. The second kappa shape index (κ2) is 17.0. The third kappa shape index (κ3) is 11.2. The van der Waals surface area contributed by atoms with Crippen LogP contribution in [0, 0.1) is 24.3 Å². The summed E-state index contributed by atoms with van der Waals surface area (Å²) in [6.45, 7) is 27.1. The zero-order valence-corrected chi connectivity index (χ0v) is 33.7. The quantitative estimate of drug-likeness (QED) is 0.223. The Bertz CT molecular complexity index is 1530. The largest absolute Gasteiger partial charge is 1.00 e. The van der Waals surface area contributed by atoms with Crippen molar-refractivity contribution in [3.8, 4) is 0 Å². The molecule has 0 amide bonds. The summed E-state index contributed by atoms with van der Waals surface area (Å²) in [5.41, 5.74) is 9.12. The molecule has 1 atom stereocenters. The van der Waals surface area contributed by atoms with E-state index in [4.69, 9.17) is 0 Å². The monoisotopic (exact) mass is 718 g/mol. The van der Waals surface area contributed by atoms with Gasteiger partial charge in [-0.2, -0.15) is 11.6 Å². The Hall–Kier alpha value is -1.66. The molecule has 0 saturated carbocycles. The standard InChI is InChI=1S/C21H25.C13H21.C8H8.2ClH.Zr/c1-20(2,3)16-9-7-14-11-15-8-10-17(21(4,5)6)13-19(15)18(14)12-16;1-6-10-8-11(7-2)12(9-10)13(3,4)5;1-7-3-5-8(2)6-4-7;;;/h7-13H,1-6H3;9-10H,6-7H2,1-5H3;1,3-6H,2H3;2*1H;/q2*-1;;;;+2/p-2. The molecule has 5 rings (SSSR count). The predicted molar refractivity (Wildman–Crippen MR) is 189 cm³/mol. The van der Waals surface area contributed by atoms with Gasteiger partial charge in [0.25, 0.3) is 0 Å². The molecule has 0 aliphatic heterocycles. The van der Waals surface area contributed by atoms with E-state index in [0.29, 0.717) is 11.3 Å². The van der Waals surface area contributed by atoms with Crippen molar-refractivity contribution in [3.63, 3.8) is 0 Å². The normalized spacial score (nSPS) is 14.7. The minimum absolute atomic E-state index is 0. The summed E-state index contributed by atoms with van der Waals surface area (Å²) in [5, 5.41) is 5.49. The first kappa shape index (κ1) is 41.4. The average Bonchev–Trinajstić information content (AvgIpc) is 3.54.